The molecular weight excluding hydrogens is 268 g/mol. The van der Waals surface area contributed by atoms with Crippen molar-refractivity contribution in [1.82, 2.24) is 10.6 Å². The normalized spacial score (nSPS) is 26.1. The third-order valence-electron chi connectivity index (χ3n) is 4.51. The van der Waals surface area contributed by atoms with Gasteiger partial charge in [-0.25, -0.2) is 4.79 Å². The van der Waals surface area contributed by atoms with Crippen LogP contribution in [-0.2, 0) is 4.74 Å². The third kappa shape index (κ3) is 6.66. The maximum absolute atomic E-state index is 11.9. The van der Waals surface area contributed by atoms with Crippen molar-refractivity contribution in [1.29, 1.82) is 0 Å². The van der Waals surface area contributed by atoms with Crippen molar-refractivity contribution in [3.05, 3.63) is 0 Å². The SMILES string of the molecule is O=C(NCCCOCC1CC1)N[C@@H]1CCCCC[C@@H]1CO. The van der Waals surface area contributed by atoms with E-state index in [0.29, 0.717) is 6.54 Å². The van der Waals surface area contributed by atoms with E-state index < -0.39 is 0 Å². The Bertz CT molecular complexity index is 308. The number of rotatable bonds is 8. The highest BCUT2D eigenvalue weighted by Gasteiger charge is 2.24. The second kappa shape index (κ2) is 9.26. The average Bonchev–Trinajstić information content (AvgIpc) is 3.30. The Kier molecular flexibility index (Phi) is 7.30. The van der Waals surface area contributed by atoms with E-state index in [1.165, 1.54) is 19.3 Å². The van der Waals surface area contributed by atoms with Gasteiger partial charge in [0.05, 0.1) is 0 Å². The fourth-order valence-electron chi connectivity index (χ4n) is 2.92. The Morgan fingerprint density at radius 2 is 1.95 bits per heavy atom. The molecular formula is C16H30N2O3. The van der Waals surface area contributed by atoms with Crippen LogP contribution in [0.4, 0.5) is 4.79 Å². The van der Waals surface area contributed by atoms with E-state index in [2.05, 4.69) is 10.6 Å². The van der Waals surface area contributed by atoms with Crippen LogP contribution >= 0.6 is 0 Å². The number of carbonyl (C=O) groups excluding carboxylic acids is 1. The molecule has 2 aliphatic rings. The zero-order valence-corrected chi connectivity index (χ0v) is 13.0. The van der Waals surface area contributed by atoms with Gasteiger partial charge in [0.2, 0.25) is 0 Å². The first-order valence-electron chi connectivity index (χ1n) is 8.52. The van der Waals surface area contributed by atoms with Crippen molar-refractivity contribution >= 4 is 6.03 Å². The topological polar surface area (TPSA) is 70.6 Å². The van der Waals surface area contributed by atoms with Crippen LogP contribution in [0.2, 0.25) is 0 Å². The monoisotopic (exact) mass is 298 g/mol. The van der Waals surface area contributed by atoms with Crippen molar-refractivity contribution in [2.24, 2.45) is 11.8 Å². The molecule has 2 saturated carbocycles. The molecule has 0 radical (unpaired) electrons. The van der Waals surface area contributed by atoms with Crippen LogP contribution in [0, 0.1) is 11.8 Å². The fraction of sp³-hybridized carbons (Fsp3) is 0.938. The predicted molar refractivity (Wildman–Crippen MR) is 82.1 cm³/mol. The first-order chi connectivity index (χ1) is 10.3. The predicted octanol–water partition coefficient (Wildman–Crippen LogP) is 2.04. The molecule has 2 amide bonds. The molecule has 21 heavy (non-hydrogen) atoms. The third-order valence-corrected chi connectivity index (χ3v) is 4.51. The Hall–Kier alpha value is -0.810. The molecule has 0 aliphatic heterocycles. The molecule has 3 N–H and O–H groups in total. The number of aliphatic hydroxyl groups is 1. The summed E-state index contributed by atoms with van der Waals surface area (Å²) in [7, 11) is 0. The van der Waals surface area contributed by atoms with Crippen LogP contribution in [0.25, 0.3) is 0 Å². The van der Waals surface area contributed by atoms with Gasteiger partial charge >= 0.3 is 6.03 Å². The maximum atomic E-state index is 11.9. The zero-order valence-electron chi connectivity index (χ0n) is 13.0. The number of nitrogens with one attached hydrogen (secondary N) is 2. The van der Waals surface area contributed by atoms with Gasteiger partial charge in [-0.1, -0.05) is 19.3 Å². The lowest BCUT2D eigenvalue weighted by molar-refractivity contribution is 0.122. The van der Waals surface area contributed by atoms with E-state index in [9.17, 15) is 9.90 Å². The summed E-state index contributed by atoms with van der Waals surface area (Å²) in [6, 6.07) is 0.00570. The van der Waals surface area contributed by atoms with Gasteiger partial charge < -0.3 is 20.5 Å². The van der Waals surface area contributed by atoms with Crippen molar-refractivity contribution < 1.29 is 14.6 Å². The van der Waals surface area contributed by atoms with E-state index >= 15 is 0 Å². The number of hydrogen-bond donors (Lipinski definition) is 3. The lowest BCUT2D eigenvalue weighted by Gasteiger charge is -2.24. The molecule has 0 spiro atoms. The Morgan fingerprint density at radius 3 is 2.71 bits per heavy atom. The summed E-state index contributed by atoms with van der Waals surface area (Å²) in [5.74, 6) is 1.01. The molecule has 5 heteroatoms. The highest BCUT2D eigenvalue weighted by Crippen LogP contribution is 2.28. The smallest absolute Gasteiger partial charge is 0.315 e. The highest BCUT2D eigenvalue weighted by molar-refractivity contribution is 5.74. The molecule has 2 rings (SSSR count). The quantitative estimate of drug-likeness (QED) is 0.474. The zero-order chi connectivity index (χ0) is 14.9. The summed E-state index contributed by atoms with van der Waals surface area (Å²) in [5.41, 5.74) is 0. The van der Waals surface area contributed by atoms with Gasteiger partial charge in [0.25, 0.3) is 0 Å². The van der Waals surface area contributed by atoms with Crippen LogP contribution < -0.4 is 10.6 Å². The van der Waals surface area contributed by atoms with E-state index in [1.807, 2.05) is 0 Å². The van der Waals surface area contributed by atoms with Crippen LogP contribution in [0.3, 0.4) is 0 Å². The maximum Gasteiger partial charge on any atom is 0.315 e. The van der Waals surface area contributed by atoms with Gasteiger partial charge in [-0.3, -0.25) is 0 Å². The van der Waals surface area contributed by atoms with Crippen molar-refractivity contribution in [3.63, 3.8) is 0 Å². The number of hydrogen-bond acceptors (Lipinski definition) is 3. The van der Waals surface area contributed by atoms with Crippen molar-refractivity contribution in [2.75, 3.05) is 26.4 Å². The summed E-state index contributed by atoms with van der Waals surface area (Å²) >= 11 is 0. The molecule has 2 aliphatic carbocycles. The van der Waals surface area contributed by atoms with E-state index in [-0.39, 0.29) is 24.6 Å². The summed E-state index contributed by atoms with van der Waals surface area (Å²) in [6.45, 7) is 2.42. The molecule has 2 fully saturated rings. The van der Waals surface area contributed by atoms with Gasteiger partial charge in [-0.2, -0.15) is 0 Å². The average molecular weight is 298 g/mol. The molecule has 0 unspecified atom stereocenters. The minimum Gasteiger partial charge on any atom is -0.396 e. The number of aliphatic hydroxyl groups excluding tert-OH is 1. The van der Waals surface area contributed by atoms with Crippen molar-refractivity contribution in [2.45, 2.75) is 57.4 Å². The molecule has 0 heterocycles. The van der Waals surface area contributed by atoms with Gasteiger partial charge in [-0.05, 0) is 38.0 Å². The second-order valence-electron chi connectivity index (χ2n) is 6.46. The number of urea groups is 1. The second-order valence-corrected chi connectivity index (χ2v) is 6.46. The first-order valence-corrected chi connectivity index (χ1v) is 8.52. The summed E-state index contributed by atoms with van der Waals surface area (Å²) in [4.78, 5) is 11.9. The number of ether oxygens (including phenoxy) is 1. The minimum atomic E-state index is -0.109. The number of amides is 2. The molecule has 0 bridgehead atoms. The molecule has 0 saturated heterocycles. The summed E-state index contributed by atoms with van der Waals surface area (Å²) in [5, 5.41) is 15.3. The molecule has 0 aromatic rings. The molecule has 122 valence electrons. The fourth-order valence-corrected chi connectivity index (χ4v) is 2.92. The van der Waals surface area contributed by atoms with Crippen LogP contribution in [0.15, 0.2) is 0 Å². The lowest BCUT2D eigenvalue weighted by Crippen LogP contribution is -2.46. The minimum absolute atomic E-state index is 0.109. The van der Waals surface area contributed by atoms with Crippen LogP contribution in [0.1, 0.15) is 51.4 Å². The number of carbonyl (C=O) groups is 1. The van der Waals surface area contributed by atoms with E-state index in [4.69, 9.17) is 4.74 Å². The Balaban J connectivity index is 1.54. The summed E-state index contributed by atoms with van der Waals surface area (Å²) < 4.78 is 5.54. The largest absolute Gasteiger partial charge is 0.396 e. The van der Waals surface area contributed by atoms with E-state index in [0.717, 1.165) is 51.2 Å². The molecule has 5 nitrogen and oxygen atoms in total. The molecule has 2 atom stereocenters. The van der Waals surface area contributed by atoms with Crippen molar-refractivity contribution in [3.8, 4) is 0 Å². The van der Waals surface area contributed by atoms with E-state index in [1.54, 1.807) is 0 Å². The highest BCUT2D eigenvalue weighted by atomic mass is 16.5. The molecule has 0 aromatic heterocycles. The van der Waals surface area contributed by atoms with Gasteiger partial charge in [-0.15, -0.1) is 0 Å². The molecule has 0 aromatic carbocycles. The van der Waals surface area contributed by atoms with Gasteiger partial charge in [0.1, 0.15) is 0 Å². The summed E-state index contributed by atoms with van der Waals surface area (Å²) in [6.07, 6.45) is 8.96. The standard InChI is InChI=1S/C16H30N2O3/c19-11-14-5-2-1-3-6-15(14)18-16(20)17-9-4-10-21-12-13-7-8-13/h13-15,19H,1-12H2,(H2,17,18,20)/t14-,15-/m1/s1. The van der Waals surface area contributed by atoms with Crippen LogP contribution in [-0.4, -0.2) is 43.5 Å². The Morgan fingerprint density at radius 1 is 1.14 bits per heavy atom. The van der Waals surface area contributed by atoms with Gasteiger partial charge in [0, 0.05) is 38.3 Å². The Labute approximate surface area is 127 Å². The first kappa shape index (κ1) is 16.6. The van der Waals surface area contributed by atoms with Crippen LogP contribution in [0.5, 0.6) is 0 Å². The lowest BCUT2D eigenvalue weighted by atomic mass is 9.96. The van der Waals surface area contributed by atoms with Gasteiger partial charge in [0.15, 0.2) is 0 Å².